The minimum absolute atomic E-state index is 0.0227. The van der Waals surface area contributed by atoms with Crippen molar-refractivity contribution in [2.75, 3.05) is 16.8 Å². The van der Waals surface area contributed by atoms with Crippen molar-refractivity contribution in [1.82, 2.24) is 0 Å². The summed E-state index contributed by atoms with van der Waals surface area (Å²) in [5, 5.41) is 2.84. The largest absolute Gasteiger partial charge is 0.324 e. The number of hydrogen-bond acceptors (Lipinski definition) is 2. The van der Waals surface area contributed by atoms with Gasteiger partial charge in [-0.25, -0.2) is 0 Å². The Morgan fingerprint density at radius 2 is 1.71 bits per heavy atom. The van der Waals surface area contributed by atoms with E-state index in [0.29, 0.717) is 5.69 Å². The lowest BCUT2D eigenvalue weighted by Crippen LogP contribution is -2.37. The van der Waals surface area contributed by atoms with Gasteiger partial charge >= 0.3 is 0 Å². The van der Waals surface area contributed by atoms with Gasteiger partial charge in [0, 0.05) is 22.8 Å². The van der Waals surface area contributed by atoms with Crippen LogP contribution in [0.5, 0.6) is 0 Å². The van der Waals surface area contributed by atoms with E-state index < -0.39 is 0 Å². The van der Waals surface area contributed by atoms with E-state index >= 15 is 0 Å². The van der Waals surface area contributed by atoms with Crippen molar-refractivity contribution in [3.8, 4) is 0 Å². The van der Waals surface area contributed by atoms with Gasteiger partial charge in [-0.15, -0.1) is 0 Å². The number of anilines is 2. The molecule has 1 N–H and O–H groups in total. The van der Waals surface area contributed by atoms with Crippen molar-refractivity contribution >= 4 is 39.1 Å². The van der Waals surface area contributed by atoms with E-state index in [0.717, 1.165) is 26.9 Å². The average molecular weight is 389 g/mol. The number of nitrogens with one attached hydrogen (secondary N) is 1. The monoisotopic (exact) mass is 388 g/mol. The van der Waals surface area contributed by atoms with E-state index in [1.807, 2.05) is 57.2 Å². The third-order valence-corrected chi connectivity index (χ3v) is 4.65. The first kappa shape index (κ1) is 18.2. The molecule has 0 aliphatic rings. The van der Waals surface area contributed by atoms with Crippen LogP contribution in [0.2, 0.25) is 0 Å². The Bertz CT molecular complexity index is 787. The molecule has 0 bridgehead atoms. The molecule has 0 aliphatic heterocycles. The van der Waals surface area contributed by atoms with E-state index in [4.69, 9.17) is 0 Å². The van der Waals surface area contributed by atoms with Crippen molar-refractivity contribution < 1.29 is 9.59 Å². The fraction of sp³-hybridized carbons (Fsp3) is 0.263. The van der Waals surface area contributed by atoms with Crippen LogP contribution in [0, 0.1) is 20.8 Å². The van der Waals surface area contributed by atoms with Crippen LogP contribution in [-0.4, -0.2) is 18.4 Å². The molecule has 0 spiro atoms. The topological polar surface area (TPSA) is 49.4 Å². The molecule has 2 aromatic carbocycles. The lowest BCUT2D eigenvalue weighted by atomic mass is 10.1. The second kappa shape index (κ2) is 7.62. The summed E-state index contributed by atoms with van der Waals surface area (Å²) in [4.78, 5) is 25.9. The maximum atomic E-state index is 12.4. The molecule has 0 aromatic heterocycles. The first-order chi connectivity index (χ1) is 11.3. The molecule has 0 saturated carbocycles. The lowest BCUT2D eigenvalue weighted by molar-refractivity contribution is -0.120. The van der Waals surface area contributed by atoms with E-state index in [1.54, 1.807) is 0 Å². The van der Waals surface area contributed by atoms with Crippen molar-refractivity contribution in [3.05, 3.63) is 57.6 Å². The molecule has 2 aromatic rings. The zero-order valence-corrected chi connectivity index (χ0v) is 15.9. The predicted octanol–water partition coefficient (Wildman–Crippen LogP) is 4.37. The fourth-order valence-corrected chi connectivity index (χ4v) is 2.77. The van der Waals surface area contributed by atoms with Gasteiger partial charge in [-0.05, 0) is 55.7 Å². The van der Waals surface area contributed by atoms with Gasteiger partial charge in [0.05, 0.1) is 0 Å². The third-order valence-electron chi connectivity index (χ3n) is 3.79. The molecular formula is C19H21BrN2O2. The van der Waals surface area contributed by atoms with E-state index in [-0.39, 0.29) is 18.4 Å². The number of rotatable bonds is 4. The number of amides is 2. The van der Waals surface area contributed by atoms with E-state index in [9.17, 15) is 9.59 Å². The minimum Gasteiger partial charge on any atom is -0.324 e. The number of halogens is 1. The zero-order chi connectivity index (χ0) is 17.9. The SMILES string of the molecule is CC(=O)N(CC(=O)Nc1ccc(C)c(Br)c1)c1cc(C)ccc1C. The zero-order valence-electron chi connectivity index (χ0n) is 14.3. The Hall–Kier alpha value is -2.14. The van der Waals surface area contributed by atoms with Gasteiger partial charge in [0.1, 0.15) is 6.54 Å². The number of carbonyl (C=O) groups is 2. The molecule has 0 atom stereocenters. The normalized spacial score (nSPS) is 10.4. The molecule has 5 heteroatoms. The summed E-state index contributed by atoms with van der Waals surface area (Å²) in [6.07, 6.45) is 0. The molecule has 0 radical (unpaired) electrons. The maximum Gasteiger partial charge on any atom is 0.244 e. The number of carbonyl (C=O) groups excluding carboxylic acids is 2. The van der Waals surface area contributed by atoms with Crippen LogP contribution in [0.4, 0.5) is 11.4 Å². The van der Waals surface area contributed by atoms with Crippen molar-refractivity contribution in [1.29, 1.82) is 0 Å². The molecular weight excluding hydrogens is 368 g/mol. The summed E-state index contributed by atoms with van der Waals surface area (Å²) >= 11 is 3.45. The van der Waals surface area contributed by atoms with Gasteiger partial charge in [-0.3, -0.25) is 9.59 Å². The quantitative estimate of drug-likeness (QED) is 0.845. The molecule has 0 heterocycles. The summed E-state index contributed by atoms with van der Waals surface area (Å²) in [5.74, 6) is -0.397. The number of nitrogens with zero attached hydrogens (tertiary/aromatic N) is 1. The van der Waals surface area contributed by atoms with Gasteiger partial charge in [-0.2, -0.15) is 0 Å². The third kappa shape index (κ3) is 4.45. The molecule has 126 valence electrons. The fourth-order valence-electron chi connectivity index (χ4n) is 2.39. The molecule has 0 unspecified atom stereocenters. The average Bonchev–Trinajstić information content (AvgIpc) is 2.51. The Labute approximate surface area is 151 Å². The van der Waals surface area contributed by atoms with E-state index in [2.05, 4.69) is 21.2 Å². The van der Waals surface area contributed by atoms with Gasteiger partial charge in [-0.1, -0.05) is 34.1 Å². The Morgan fingerprint density at radius 1 is 1.04 bits per heavy atom. The summed E-state index contributed by atoms with van der Waals surface area (Å²) in [6.45, 7) is 7.32. The number of aryl methyl sites for hydroxylation is 3. The molecule has 24 heavy (non-hydrogen) atoms. The van der Waals surface area contributed by atoms with Crippen LogP contribution in [0.1, 0.15) is 23.6 Å². The predicted molar refractivity (Wildman–Crippen MR) is 101 cm³/mol. The van der Waals surface area contributed by atoms with Crippen LogP contribution in [-0.2, 0) is 9.59 Å². The van der Waals surface area contributed by atoms with Crippen molar-refractivity contribution in [3.63, 3.8) is 0 Å². The molecule has 0 fully saturated rings. The Kier molecular flexibility index (Phi) is 5.78. The standard InChI is InChI=1S/C19H21BrN2O2/c1-12-5-6-14(3)18(9-12)22(15(4)23)11-19(24)21-16-8-7-13(2)17(20)10-16/h5-10H,11H2,1-4H3,(H,21,24). The molecule has 4 nitrogen and oxygen atoms in total. The number of hydrogen-bond donors (Lipinski definition) is 1. The second-order valence-corrected chi connectivity index (χ2v) is 6.76. The van der Waals surface area contributed by atoms with E-state index in [1.165, 1.54) is 11.8 Å². The summed E-state index contributed by atoms with van der Waals surface area (Å²) in [7, 11) is 0. The summed E-state index contributed by atoms with van der Waals surface area (Å²) in [6, 6.07) is 11.5. The van der Waals surface area contributed by atoms with Gasteiger partial charge in [0.25, 0.3) is 0 Å². The molecule has 0 aliphatic carbocycles. The molecule has 0 saturated heterocycles. The molecule has 2 amide bonds. The highest BCUT2D eigenvalue weighted by molar-refractivity contribution is 9.10. The van der Waals surface area contributed by atoms with Crippen LogP contribution < -0.4 is 10.2 Å². The van der Waals surface area contributed by atoms with Crippen molar-refractivity contribution in [2.45, 2.75) is 27.7 Å². The summed E-state index contributed by atoms with van der Waals surface area (Å²) in [5.41, 5.74) is 4.56. The van der Waals surface area contributed by atoms with Crippen molar-refractivity contribution in [2.24, 2.45) is 0 Å². The number of benzene rings is 2. The Balaban J connectivity index is 2.18. The van der Waals surface area contributed by atoms with Gasteiger partial charge in [0.15, 0.2) is 0 Å². The van der Waals surface area contributed by atoms with Crippen LogP contribution in [0.3, 0.4) is 0 Å². The van der Waals surface area contributed by atoms with Gasteiger partial charge in [0.2, 0.25) is 11.8 Å². The van der Waals surface area contributed by atoms with Crippen LogP contribution in [0.15, 0.2) is 40.9 Å². The highest BCUT2D eigenvalue weighted by Crippen LogP contribution is 2.23. The molecule has 2 rings (SSSR count). The second-order valence-electron chi connectivity index (χ2n) is 5.91. The first-order valence-electron chi connectivity index (χ1n) is 7.69. The minimum atomic E-state index is -0.234. The highest BCUT2D eigenvalue weighted by atomic mass is 79.9. The van der Waals surface area contributed by atoms with Gasteiger partial charge < -0.3 is 10.2 Å². The smallest absolute Gasteiger partial charge is 0.244 e. The lowest BCUT2D eigenvalue weighted by Gasteiger charge is -2.23. The highest BCUT2D eigenvalue weighted by Gasteiger charge is 2.18. The first-order valence-corrected chi connectivity index (χ1v) is 8.48. The summed E-state index contributed by atoms with van der Waals surface area (Å²) < 4.78 is 0.929. The van der Waals surface area contributed by atoms with Crippen LogP contribution in [0.25, 0.3) is 0 Å². The van der Waals surface area contributed by atoms with Crippen LogP contribution >= 0.6 is 15.9 Å². The maximum absolute atomic E-state index is 12.4. The Morgan fingerprint density at radius 3 is 2.33 bits per heavy atom.